The Morgan fingerprint density at radius 2 is 2.20 bits per heavy atom. The lowest BCUT2D eigenvalue weighted by molar-refractivity contribution is 0.125. The smallest absolute Gasteiger partial charge is 0.169 e. The van der Waals surface area contributed by atoms with Crippen molar-refractivity contribution in [3.8, 4) is 0 Å². The lowest BCUT2D eigenvalue weighted by Gasteiger charge is -2.14. The molecule has 1 aromatic heterocycles. The van der Waals surface area contributed by atoms with Gasteiger partial charge in [0.15, 0.2) is 5.76 Å². The van der Waals surface area contributed by atoms with Crippen LogP contribution in [0.15, 0.2) is 29.0 Å². The van der Waals surface area contributed by atoms with Crippen LogP contribution in [0.2, 0.25) is 0 Å². The molecule has 0 saturated heterocycles. The molecule has 0 N–H and O–H groups in total. The Hall–Kier alpha value is -1.77. The van der Waals surface area contributed by atoms with Crippen LogP contribution in [0.5, 0.6) is 0 Å². The molecule has 0 aliphatic carbocycles. The van der Waals surface area contributed by atoms with E-state index in [-0.39, 0.29) is 6.10 Å². The molecule has 1 heterocycles. The van der Waals surface area contributed by atoms with Gasteiger partial charge >= 0.3 is 0 Å². The predicted octanol–water partition coefficient (Wildman–Crippen LogP) is 5.14. The van der Waals surface area contributed by atoms with Crippen molar-refractivity contribution in [1.29, 1.82) is 0 Å². The summed E-state index contributed by atoms with van der Waals surface area (Å²) in [5.74, 6) is 1.56. The quantitative estimate of drug-likeness (QED) is 0.510. The lowest BCUT2D eigenvalue weighted by atomic mass is 10.1. The van der Waals surface area contributed by atoms with Crippen LogP contribution in [0, 0.1) is 6.92 Å². The molecule has 0 aromatic carbocycles. The van der Waals surface area contributed by atoms with Crippen molar-refractivity contribution >= 4 is 11.6 Å². The summed E-state index contributed by atoms with van der Waals surface area (Å²) < 4.78 is 11.2. The van der Waals surface area contributed by atoms with Crippen LogP contribution in [0.3, 0.4) is 0 Å². The number of ether oxygens (including phenoxy) is 1. The van der Waals surface area contributed by atoms with Gasteiger partial charge in [0, 0.05) is 11.1 Å². The number of hydrogen-bond donors (Lipinski definition) is 0. The van der Waals surface area contributed by atoms with Gasteiger partial charge in [-0.1, -0.05) is 31.2 Å². The molecule has 0 aliphatic heterocycles. The summed E-state index contributed by atoms with van der Waals surface area (Å²) in [5.41, 5.74) is 2.63. The van der Waals surface area contributed by atoms with Crippen LogP contribution in [0.25, 0.3) is 11.6 Å². The zero-order chi connectivity index (χ0) is 15.1. The van der Waals surface area contributed by atoms with Crippen molar-refractivity contribution in [1.82, 2.24) is 5.16 Å². The third-order valence-corrected chi connectivity index (χ3v) is 3.04. The minimum atomic E-state index is 0.221. The summed E-state index contributed by atoms with van der Waals surface area (Å²) in [5, 5.41) is 4.03. The van der Waals surface area contributed by atoms with Crippen LogP contribution in [-0.2, 0) is 4.74 Å². The second kappa shape index (κ2) is 7.73. The Bertz CT molecular complexity index is 509. The minimum absolute atomic E-state index is 0.221. The van der Waals surface area contributed by atoms with Gasteiger partial charge < -0.3 is 9.26 Å². The standard InChI is InChI=1S/C17H25NO2/c1-7-9-13(4)19-14(5)11-12(3)17-15(6)16(10-8-2)18-20-17/h8,10-11,13H,3,7,9H2,1-2,4-6H3/b10-8-,14-11+. The highest BCUT2D eigenvalue weighted by molar-refractivity contribution is 5.72. The fourth-order valence-corrected chi connectivity index (χ4v) is 2.09. The topological polar surface area (TPSA) is 35.3 Å². The van der Waals surface area contributed by atoms with E-state index in [0.29, 0.717) is 5.76 Å². The molecule has 3 heteroatoms. The Morgan fingerprint density at radius 1 is 1.50 bits per heavy atom. The Morgan fingerprint density at radius 3 is 2.80 bits per heavy atom. The monoisotopic (exact) mass is 275 g/mol. The molecular weight excluding hydrogens is 250 g/mol. The average molecular weight is 275 g/mol. The van der Waals surface area contributed by atoms with E-state index in [2.05, 4.69) is 25.6 Å². The molecule has 110 valence electrons. The first-order chi connectivity index (χ1) is 9.49. The van der Waals surface area contributed by atoms with Crippen LogP contribution in [-0.4, -0.2) is 11.3 Å². The molecule has 1 atom stereocenters. The third-order valence-electron chi connectivity index (χ3n) is 3.04. The largest absolute Gasteiger partial charge is 0.495 e. The van der Waals surface area contributed by atoms with E-state index in [0.717, 1.165) is 35.4 Å². The van der Waals surface area contributed by atoms with Crippen LogP contribution >= 0.6 is 0 Å². The summed E-state index contributed by atoms with van der Waals surface area (Å²) in [4.78, 5) is 0. The van der Waals surface area contributed by atoms with Gasteiger partial charge in [-0.3, -0.25) is 0 Å². The maximum atomic E-state index is 5.80. The lowest BCUT2D eigenvalue weighted by Crippen LogP contribution is -2.05. The molecule has 0 saturated carbocycles. The van der Waals surface area contributed by atoms with Gasteiger partial charge in [-0.15, -0.1) is 0 Å². The first-order valence-corrected chi connectivity index (χ1v) is 7.12. The van der Waals surface area contributed by atoms with E-state index in [4.69, 9.17) is 9.26 Å². The van der Waals surface area contributed by atoms with Gasteiger partial charge in [0.25, 0.3) is 0 Å². The second-order valence-corrected chi connectivity index (χ2v) is 5.02. The van der Waals surface area contributed by atoms with Gasteiger partial charge in [0.05, 0.1) is 11.9 Å². The van der Waals surface area contributed by atoms with Crippen molar-refractivity contribution in [3.63, 3.8) is 0 Å². The highest BCUT2D eigenvalue weighted by atomic mass is 16.5. The SMILES string of the molecule is C=C(/C=C(\C)OC(C)CCC)c1onc(/C=C\C)c1C. The normalized spacial score (nSPS) is 13.8. The molecule has 1 unspecified atom stereocenters. The average Bonchev–Trinajstić information content (AvgIpc) is 2.71. The Balaban J connectivity index is 2.80. The summed E-state index contributed by atoms with van der Waals surface area (Å²) in [6.45, 7) is 14.1. The van der Waals surface area contributed by atoms with Gasteiger partial charge in [0.1, 0.15) is 5.69 Å². The zero-order valence-corrected chi connectivity index (χ0v) is 13.2. The number of nitrogens with zero attached hydrogens (tertiary/aromatic N) is 1. The molecule has 20 heavy (non-hydrogen) atoms. The Kier molecular flexibility index (Phi) is 6.29. The number of aromatic nitrogens is 1. The third kappa shape index (κ3) is 4.41. The fraction of sp³-hybridized carbons (Fsp3) is 0.471. The van der Waals surface area contributed by atoms with Crippen molar-refractivity contribution in [2.45, 2.75) is 53.6 Å². The first-order valence-electron chi connectivity index (χ1n) is 7.12. The Labute approximate surface area is 122 Å². The molecule has 0 spiro atoms. The number of hydrogen-bond acceptors (Lipinski definition) is 3. The molecule has 0 bridgehead atoms. The van der Waals surface area contributed by atoms with Gasteiger partial charge in [0.2, 0.25) is 0 Å². The van der Waals surface area contributed by atoms with Crippen molar-refractivity contribution in [3.05, 3.63) is 41.5 Å². The van der Waals surface area contributed by atoms with Crippen molar-refractivity contribution in [2.24, 2.45) is 0 Å². The summed E-state index contributed by atoms with van der Waals surface area (Å²) >= 11 is 0. The second-order valence-electron chi connectivity index (χ2n) is 5.02. The number of rotatable bonds is 7. The fourth-order valence-electron chi connectivity index (χ4n) is 2.09. The summed E-state index contributed by atoms with van der Waals surface area (Å²) in [6.07, 6.45) is 8.14. The van der Waals surface area contributed by atoms with E-state index < -0.39 is 0 Å². The van der Waals surface area contributed by atoms with Gasteiger partial charge in [-0.05, 0) is 46.3 Å². The zero-order valence-electron chi connectivity index (χ0n) is 13.2. The number of allylic oxidation sites excluding steroid dienone is 4. The van der Waals surface area contributed by atoms with Gasteiger partial charge in [-0.2, -0.15) is 0 Å². The molecule has 0 aliphatic rings. The van der Waals surface area contributed by atoms with E-state index in [1.165, 1.54) is 0 Å². The molecule has 3 nitrogen and oxygen atoms in total. The maximum absolute atomic E-state index is 5.80. The molecule has 1 rings (SSSR count). The van der Waals surface area contributed by atoms with E-state index in [1.54, 1.807) is 0 Å². The predicted molar refractivity (Wildman–Crippen MR) is 84.2 cm³/mol. The maximum Gasteiger partial charge on any atom is 0.169 e. The van der Waals surface area contributed by atoms with Crippen LogP contribution in [0.1, 0.15) is 57.6 Å². The molecule has 0 radical (unpaired) electrons. The minimum Gasteiger partial charge on any atom is -0.495 e. The molecule has 1 aromatic rings. The van der Waals surface area contributed by atoms with E-state index in [9.17, 15) is 0 Å². The van der Waals surface area contributed by atoms with E-state index in [1.807, 2.05) is 39.0 Å². The van der Waals surface area contributed by atoms with Crippen LogP contribution < -0.4 is 0 Å². The molecule has 0 amide bonds. The first kappa shape index (κ1) is 16.3. The summed E-state index contributed by atoms with van der Waals surface area (Å²) in [7, 11) is 0. The summed E-state index contributed by atoms with van der Waals surface area (Å²) in [6, 6.07) is 0. The van der Waals surface area contributed by atoms with Crippen molar-refractivity contribution in [2.75, 3.05) is 0 Å². The highest BCUT2D eigenvalue weighted by Gasteiger charge is 2.12. The molecular formula is C17H25NO2. The highest BCUT2D eigenvalue weighted by Crippen LogP contribution is 2.23. The van der Waals surface area contributed by atoms with Crippen LogP contribution in [0.4, 0.5) is 0 Å². The van der Waals surface area contributed by atoms with E-state index >= 15 is 0 Å². The molecule has 0 fully saturated rings. The van der Waals surface area contributed by atoms with Crippen molar-refractivity contribution < 1.29 is 9.26 Å². The van der Waals surface area contributed by atoms with Gasteiger partial charge in [-0.25, -0.2) is 0 Å².